The Morgan fingerprint density at radius 1 is 1.03 bits per heavy atom. The van der Waals surface area contributed by atoms with Gasteiger partial charge in [-0.15, -0.1) is 0 Å². The van der Waals surface area contributed by atoms with Gasteiger partial charge in [-0.05, 0) is 90.0 Å². The number of fused-ring (bicyclic) bond motifs is 1. The molecular formula is C28H25F3IN3O2. The molecule has 0 N–H and O–H groups in total. The Morgan fingerprint density at radius 2 is 1.68 bits per heavy atom. The molecule has 192 valence electrons. The number of carbonyl (C=O) groups is 1. The molecule has 3 aromatic carbocycles. The predicted octanol–water partition coefficient (Wildman–Crippen LogP) is 6.55. The number of amides is 1. The zero-order valence-electron chi connectivity index (χ0n) is 20.3. The Bertz CT molecular complexity index is 1470. The number of halogens is 4. The molecule has 0 fully saturated rings. The van der Waals surface area contributed by atoms with Crippen LogP contribution in [0.2, 0.25) is 0 Å². The van der Waals surface area contributed by atoms with E-state index in [4.69, 9.17) is 4.98 Å². The topological polar surface area (TPSA) is 55.2 Å². The predicted molar refractivity (Wildman–Crippen MR) is 146 cm³/mol. The third kappa shape index (κ3) is 5.87. The van der Waals surface area contributed by atoms with Crippen LogP contribution in [0.5, 0.6) is 0 Å². The van der Waals surface area contributed by atoms with Gasteiger partial charge in [0.2, 0.25) is 5.91 Å². The molecule has 1 aromatic heterocycles. The molecule has 1 atom stereocenters. The summed E-state index contributed by atoms with van der Waals surface area (Å²) in [4.78, 5) is 33.5. The lowest BCUT2D eigenvalue weighted by Gasteiger charge is -2.30. The first-order valence-corrected chi connectivity index (χ1v) is 12.9. The minimum absolute atomic E-state index is 0.0657. The molecule has 1 heterocycles. The van der Waals surface area contributed by atoms with Crippen molar-refractivity contribution in [1.29, 1.82) is 0 Å². The van der Waals surface area contributed by atoms with E-state index in [9.17, 15) is 22.8 Å². The fourth-order valence-electron chi connectivity index (χ4n) is 4.27. The van der Waals surface area contributed by atoms with E-state index in [2.05, 4.69) is 22.6 Å². The standard InChI is InChI=1S/C28H25F3IN3O2/c1-3-16-34(25(36)17-19-8-10-20(11-9-19)28(29,30)31)18(2)26-33-24-7-5-4-6-23(24)27(37)35(26)22-14-12-21(32)13-15-22/h4-15,18H,3,16-17H2,1-2H3. The second-order valence-electron chi connectivity index (χ2n) is 8.74. The zero-order valence-corrected chi connectivity index (χ0v) is 22.5. The fourth-order valence-corrected chi connectivity index (χ4v) is 4.63. The highest BCUT2D eigenvalue weighted by Crippen LogP contribution is 2.29. The van der Waals surface area contributed by atoms with Crippen LogP contribution < -0.4 is 5.56 Å². The van der Waals surface area contributed by atoms with Gasteiger partial charge in [-0.25, -0.2) is 4.98 Å². The first-order valence-electron chi connectivity index (χ1n) is 11.8. The van der Waals surface area contributed by atoms with Crippen molar-refractivity contribution in [3.05, 3.63) is 104 Å². The maximum atomic E-state index is 13.6. The van der Waals surface area contributed by atoms with Crippen molar-refractivity contribution in [3.8, 4) is 5.69 Å². The van der Waals surface area contributed by atoms with Gasteiger partial charge in [0.15, 0.2) is 0 Å². The van der Waals surface area contributed by atoms with E-state index in [1.165, 1.54) is 16.7 Å². The van der Waals surface area contributed by atoms with Crippen LogP contribution in [0.1, 0.15) is 43.3 Å². The molecule has 37 heavy (non-hydrogen) atoms. The highest BCUT2D eigenvalue weighted by molar-refractivity contribution is 14.1. The third-order valence-corrected chi connectivity index (χ3v) is 6.87. The van der Waals surface area contributed by atoms with E-state index < -0.39 is 17.8 Å². The number of benzene rings is 3. The Labute approximate surface area is 226 Å². The number of hydrogen-bond donors (Lipinski definition) is 0. The second-order valence-corrected chi connectivity index (χ2v) is 9.98. The number of nitrogens with zero attached hydrogens (tertiary/aromatic N) is 3. The van der Waals surface area contributed by atoms with Crippen LogP contribution in [0.3, 0.4) is 0 Å². The third-order valence-electron chi connectivity index (χ3n) is 6.15. The van der Waals surface area contributed by atoms with E-state index in [-0.39, 0.29) is 17.9 Å². The van der Waals surface area contributed by atoms with Crippen LogP contribution in [0.4, 0.5) is 13.2 Å². The average molecular weight is 619 g/mol. The summed E-state index contributed by atoms with van der Waals surface area (Å²) in [5, 5.41) is 0.468. The molecule has 1 unspecified atom stereocenters. The summed E-state index contributed by atoms with van der Waals surface area (Å²) in [7, 11) is 0. The van der Waals surface area contributed by atoms with Gasteiger partial charge in [0.25, 0.3) is 5.56 Å². The van der Waals surface area contributed by atoms with Crippen molar-refractivity contribution in [2.24, 2.45) is 0 Å². The number of rotatable bonds is 7. The van der Waals surface area contributed by atoms with Crippen LogP contribution in [0.25, 0.3) is 16.6 Å². The Kier molecular flexibility index (Phi) is 8.01. The minimum Gasteiger partial charge on any atom is -0.332 e. The summed E-state index contributed by atoms with van der Waals surface area (Å²) in [6, 6.07) is 18.6. The molecule has 0 spiro atoms. The maximum Gasteiger partial charge on any atom is 0.416 e. The maximum absolute atomic E-state index is 13.6. The highest BCUT2D eigenvalue weighted by Gasteiger charge is 2.30. The van der Waals surface area contributed by atoms with Gasteiger partial charge in [-0.3, -0.25) is 14.2 Å². The Hall–Kier alpha value is -3.21. The SMILES string of the molecule is CCCN(C(=O)Cc1ccc(C(F)(F)F)cc1)C(C)c1nc2ccccc2c(=O)n1-c1ccc(I)cc1. The minimum atomic E-state index is -4.44. The number of aromatic nitrogens is 2. The summed E-state index contributed by atoms with van der Waals surface area (Å²) < 4.78 is 41.4. The summed E-state index contributed by atoms with van der Waals surface area (Å²) >= 11 is 2.19. The van der Waals surface area contributed by atoms with Gasteiger partial charge in [0.1, 0.15) is 5.82 Å². The van der Waals surface area contributed by atoms with Crippen molar-refractivity contribution in [3.63, 3.8) is 0 Å². The van der Waals surface area contributed by atoms with Crippen molar-refractivity contribution < 1.29 is 18.0 Å². The molecule has 0 radical (unpaired) electrons. The van der Waals surface area contributed by atoms with Gasteiger partial charge >= 0.3 is 6.18 Å². The van der Waals surface area contributed by atoms with E-state index in [0.29, 0.717) is 40.9 Å². The number of para-hydroxylation sites is 1. The molecule has 0 saturated carbocycles. The normalized spacial score (nSPS) is 12.5. The van der Waals surface area contributed by atoms with Crippen molar-refractivity contribution in [1.82, 2.24) is 14.5 Å². The monoisotopic (exact) mass is 619 g/mol. The molecule has 0 aliphatic heterocycles. The van der Waals surface area contributed by atoms with Gasteiger partial charge in [-0.2, -0.15) is 13.2 Å². The highest BCUT2D eigenvalue weighted by atomic mass is 127. The summed E-state index contributed by atoms with van der Waals surface area (Å²) in [6.45, 7) is 4.15. The van der Waals surface area contributed by atoms with Gasteiger partial charge in [0.05, 0.1) is 34.6 Å². The van der Waals surface area contributed by atoms with Crippen molar-refractivity contribution in [2.75, 3.05) is 6.54 Å². The molecule has 9 heteroatoms. The molecule has 4 rings (SSSR count). The smallest absolute Gasteiger partial charge is 0.332 e. The van der Waals surface area contributed by atoms with Crippen LogP contribution in [-0.4, -0.2) is 26.9 Å². The summed E-state index contributed by atoms with van der Waals surface area (Å²) in [5.41, 5.74) is 0.650. The van der Waals surface area contributed by atoms with Gasteiger partial charge in [0, 0.05) is 10.1 Å². The number of alkyl halides is 3. The summed E-state index contributed by atoms with van der Waals surface area (Å²) in [6.07, 6.45) is -3.85. The molecule has 1 amide bonds. The largest absolute Gasteiger partial charge is 0.416 e. The number of hydrogen-bond acceptors (Lipinski definition) is 3. The molecule has 0 aliphatic rings. The Balaban J connectivity index is 1.75. The average Bonchev–Trinajstić information content (AvgIpc) is 2.87. The van der Waals surface area contributed by atoms with E-state index in [1.807, 2.05) is 38.1 Å². The van der Waals surface area contributed by atoms with E-state index in [0.717, 1.165) is 15.7 Å². The first kappa shape index (κ1) is 26.8. The molecule has 0 bridgehead atoms. The lowest BCUT2D eigenvalue weighted by molar-refractivity contribution is -0.137. The lowest BCUT2D eigenvalue weighted by atomic mass is 10.1. The van der Waals surface area contributed by atoms with Gasteiger partial charge < -0.3 is 4.90 Å². The molecular weight excluding hydrogens is 594 g/mol. The second kappa shape index (κ2) is 11.0. The van der Waals surface area contributed by atoms with E-state index in [1.54, 1.807) is 29.2 Å². The number of carbonyl (C=O) groups excluding carboxylic acids is 1. The first-order chi connectivity index (χ1) is 17.6. The van der Waals surface area contributed by atoms with Crippen LogP contribution in [0.15, 0.2) is 77.6 Å². The molecule has 0 saturated heterocycles. The quantitative estimate of drug-likeness (QED) is 0.221. The van der Waals surface area contributed by atoms with Crippen LogP contribution in [0, 0.1) is 3.57 Å². The summed E-state index contributed by atoms with van der Waals surface area (Å²) in [5.74, 6) is 0.157. The van der Waals surface area contributed by atoms with Crippen molar-refractivity contribution >= 4 is 39.4 Å². The molecule has 4 aromatic rings. The lowest BCUT2D eigenvalue weighted by Crippen LogP contribution is -2.38. The fraction of sp³-hybridized carbons (Fsp3) is 0.250. The van der Waals surface area contributed by atoms with Crippen molar-refractivity contribution in [2.45, 2.75) is 38.9 Å². The van der Waals surface area contributed by atoms with E-state index >= 15 is 0 Å². The Morgan fingerprint density at radius 3 is 2.30 bits per heavy atom. The molecule has 5 nitrogen and oxygen atoms in total. The van der Waals surface area contributed by atoms with Gasteiger partial charge in [-0.1, -0.05) is 31.2 Å². The van der Waals surface area contributed by atoms with Crippen LogP contribution >= 0.6 is 22.6 Å². The zero-order chi connectivity index (χ0) is 26.7. The van der Waals surface area contributed by atoms with Crippen LogP contribution in [-0.2, 0) is 17.4 Å². The molecule has 0 aliphatic carbocycles.